The number of rotatable bonds is 4. The molecule has 0 fully saturated rings. The van der Waals surface area contributed by atoms with E-state index >= 15 is 0 Å². The minimum atomic E-state index is 0.211. The van der Waals surface area contributed by atoms with E-state index in [1.807, 2.05) is 24.5 Å². The maximum Gasteiger partial charge on any atom is 0.149 e. The molecule has 0 aromatic carbocycles. The monoisotopic (exact) mass is 271 g/mol. The van der Waals surface area contributed by atoms with Crippen molar-refractivity contribution in [2.75, 3.05) is 0 Å². The van der Waals surface area contributed by atoms with Gasteiger partial charge in [-0.2, -0.15) is 0 Å². The average molecular weight is 271 g/mol. The Morgan fingerprint density at radius 1 is 1.20 bits per heavy atom. The number of nitrogens with one attached hydrogen (secondary N) is 1. The van der Waals surface area contributed by atoms with Crippen LogP contribution in [-0.4, -0.2) is 19.7 Å². The molecule has 1 N–H and O–H groups in total. The summed E-state index contributed by atoms with van der Waals surface area (Å²) in [5.74, 6) is 2.21. The van der Waals surface area contributed by atoms with Crippen molar-refractivity contribution in [2.24, 2.45) is 0 Å². The summed E-state index contributed by atoms with van der Waals surface area (Å²) in [5, 5.41) is 12.3. The smallest absolute Gasteiger partial charge is 0.149 e. The summed E-state index contributed by atoms with van der Waals surface area (Å²) in [5.41, 5.74) is 1.24. The molecule has 1 unspecified atom stereocenters. The molecule has 5 heteroatoms. The van der Waals surface area contributed by atoms with Crippen LogP contribution in [0.3, 0.4) is 0 Å². The molecule has 2 aromatic rings. The highest BCUT2D eigenvalue weighted by Crippen LogP contribution is 2.18. The number of aryl methyl sites for hydroxylation is 1. The molecular weight excluding hydrogens is 250 g/mol. The van der Waals surface area contributed by atoms with Gasteiger partial charge in [-0.15, -0.1) is 10.2 Å². The van der Waals surface area contributed by atoms with Crippen LogP contribution in [0.15, 0.2) is 24.5 Å². The van der Waals surface area contributed by atoms with Crippen LogP contribution in [0.1, 0.15) is 49.4 Å². The molecule has 3 rings (SSSR count). The van der Waals surface area contributed by atoms with E-state index in [0.717, 1.165) is 31.2 Å². The van der Waals surface area contributed by atoms with Gasteiger partial charge in [-0.1, -0.05) is 6.42 Å². The zero-order valence-electron chi connectivity index (χ0n) is 11.9. The molecule has 1 aliphatic heterocycles. The van der Waals surface area contributed by atoms with Gasteiger partial charge in [-0.25, -0.2) is 0 Å². The second kappa shape index (κ2) is 6.13. The molecule has 0 amide bonds. The quantitative estimate of drug-likeness (QED) is 0.926. The lowest BCUT2D eigenvalue weighted by Gasteiger charge is -2.15. The summed E-state index contributed by atoms with van der Waals surface area (Å²) in [6, 6.07) is 4.27. The van der Waals surface area contributed by atoms with Crippen molar-refractivity contribution in [3.63, 3.8) is 0 Å². The first kappa shape index (κ1) is 13.2. The van der Waals surface area contributed by atoms with Crippen LogP contribution < -0.4 is 5.32 Å². The van der Waals surface area contributed by atoms with E-state index in [1.165, 1.54) is 24.8 Å². The largest absolute Gasteiger partial charge is 0.314 e. The Bertz CT molecular complexity index is 549. The van der Waals surface area contributed by atoms with Gasteiger partial charge in [0.1, 0.15) is 11.6 Å². The Hall–Kier alpha value is -1.75. The zero-order valence-corrected chi connectivity index (χ0v) is 11.9. The predicted molar refractivity (Wildman–Crippen MR) is 77.1 cm³/mol. The van der Waals surface area contributed by atoms with Crippen molar-refractivity contribution in [1.82, 2.24) is 25.1 Å². The Kier molecular flexibility index (Phi) is 4.06. The highest BCUT2D eigenvalue weighted by molar-refractivity contribution is 5.10. The fraction of sp³-hybridized carbons (Fsp3) is 0.533. The molecular formula is C15H21N5. The molecule has 1 atom stereocenters. The van der Waals surface area contributed by atoms with Gasteiger partial charge in [0.2, 0.25) is 0 Å². The number of aromatic nitrogens is 4. The van der Waals surface area contributed by atoms with Gasteiger partial charge in [0.15, 0.2) is 0 Å². The third-order valence-corrected chi connectivity index (χ3v) is 3.89. The van der Waals surface area contributed by atoms with Crippen LogP contribution >= 0.6 is 0 Å². The summed E-state index contributed by atoms with van der Waals surface area (Å²) in [4.78, 5) is 4.04. The fourth-order valence-electron chi connectivity index (χ4n) is 2.69. The molecule has 106 valence electrons. The Morgan fingerprint density at radius 3 is 2.90 bits per heavy atom. The normalized spacial score (nSPS) is 16.4. The highest BCUT2D eigenvalue weighted by Gasteiger charge is 2.18. The van der Waals surface area contributed by atoms with Gasteiger partial charge in [0, 0.05) is 31.9 Å². The van der Waals surface area contributed by atoms with E-state index in [1.54, 1.807) is 0 Å². The zero-order chi connectivity index (χ0) is 13.8. The van der Waals surface area contributed by atoms with E-state index in [-0.39, 0.29) is 6.04 Å². The summed E-state index contributed by atoms with van der Waals surface area (Å²) in [7, 11) is 0. The van der Waals surface area contributed by atoms with E-state index in [0.29, 0.717) is 0 Å². The average Bonchev–Trinajstić information content (AvgIpc) is 2.75. The van der Waals surface area contributed by atoms with Crippen molar-refractivity contribution in [1.29, 1.82) is 0 Å². The molecule has 0 aliphatic carbocycles. The first-order chi connectivity index (χ1) is 9.84. The first-order valence-electron chi connectivity index (χ1n) is 7.39. The molecule has 20 heavy (non-hydrogen) atoms. The molecule has 0 radical (unpaired) electrons. The molecule has 5 nitrogen and oxygen atoms in total. The summed E-state index contributed by atoms with van der Waals surface area (Å²) >= 11 is 0. The fourth-order valence-corrected chi connectivity index (χ4v) is 2.69. The standard InChI is InChI=1S/C15H21N5/c1-12(17-11-13-6-8-16-9-7-13)15-19-18-14-5-3-2-4-10-20(14)15/h6-9,12,17H,2-5,10-11H2,1H3. The first-order valence-corrected chi connectivity index (χ1v) is 7.39. The van der Waals surface area contributed by atoms with Crippen LogP contribution in [0.5, 0.6) is 0 Å². The minimum absolute atomic E-state index is 0.211. The highest BCUT2D eigenvalue weighted by atomic mass is 15.3. The van der Waals surface area contributed by atoms with Crippen molar-refractivity contribution in [3.8, 4) is 0 Å². The van der Waals surface area contributed by atoms with Crippen LogP contribution in [0.4, 0.5) is 0 Å². The van der Waals surface area contributed by atoms with Crippen molar-refractivity contribution >= 4 is 0 Å². The van der Waals surface area contributed by atoms with E-state index in [2.05, 4.69) is 32.0 Å². The van der Waals surface area contributed by atoms with Crippen LogP contribution in [0.25, 0.3) is 0 Å². The Labute approximate surface area is 119 Å². The van der Waals surface area contributed by atoms with Crippen molar-refractivity contribution < 1.29 is 0 Å². The maximum absolute atomic E-state index is 4.39. The molecule has 0 saturated carbocycles. The van der Waals surface area contributed by atoms with Gasteiger partial charge in [0.05, 0.1) is 6.04 Å². The Morgan fingerprint density at radius 2 is 2.05 bits per heavy atom. The molecule has 1 aliphatic rings. The number of hydrogen-bond acceptors (Lipinski definition) is 4. The molecule has 3 heterocycles. The second-order valence-corrected chi connectivity index (χ2v) is 5.39. The Balaban J connectivity index is 1.68. The molecule has 0 saturated heterocycles. The van der Waals surface area contributed by atoms with Crippen LogP contribution in [0, 0.1) is 0 Å². The van der Waals surface area contributed by atoms with Gasteiger partial charge in [-0.3, -0.25) is 4.98 Å². The SMILES string of the molecule is CC(NCc1ccncc1)c1nnc2n1CCCCC2. The van der Waals surface area contributed by atoms with Crippen molar-refractivity contribution in [2.45, 2.75) is 51.7 Å². The summed E-state index contributed by atoms with van der Waals surface area (Å²) < 4.78 is 2.30. The predicted octanol–water partition coefficient (Wildman–Crippen LogP) is 2.25. The topological polar surface area (TPSA) is 55.6 Å². The van der Waals surface area contributed by atoms with Crippen molar-refractivity contribution in [3.05, 3.63) is 41.7 Å². The van der Waals surface area contributed by atoms with Gasteiger partial charge in [0.25, 0.3) is 0 Å². The van der Waals surface area contributed by atoms with Gasteiger partial charge < -0.3 is 9.88 Å². The second-order valence-electron chi connectivity index (χ2n) is 5.39. The summed E-state index contributed by atoms with van der Waals surface area (Å²) in [6.45, 7) is 4.04. The maximum atomic E-state index is 4.39. The van der Waals surface area contributed by atoms with Gasteiger partial charge in [-0.05, 0) is 37.5 Å². The number of fused-ring (bicyclic) bond motifs is 1. The molecule has 2 aromatic heterocycles. The number of pyridine rings is 1. The number of hydrogen-bond donors (Lipinski definition) is 1. The van der Waals surface area contributed by atoms with Crippen LogP contribution in [0.2, 0.25) is 0 Å². The van der Waals surface area contributed by atoms with E-state index in [4.69, 9.17) is 0 Å². The molecule has 0 bridgehead atoms. The van der Waals surface area contributed by atoms with E-state index < -0.39 is 0 Å². The van der Waals surface area contributed by atoms with Crippen LogP contribution in [-0.2, 0) is 19.5 Å². The third-order valence-electron chi connectivity index (χ3n) is 3.89. The summed E-state index contributed by atoms with van der Waals surface area (Å²) in [6.07, 6.45) is 8.47. The lowest BCUT2D eigenvalue weighted by Crippen LogP contribution is -2.22. The minimum Gasteiger partial charge on any atom is -0.314 e. The molecule has 0 spiro atoms. The lowest BCUT2D eigenvalue weighted by molar-refractivity contribution is 0.502. The lowest BCUT2D eigenvalue weighted by atomic mass is 10.2. The third kappa shape index (κ3) is 2.88. The van der Waals surface area contributed by atoms with E-state index in [9.17, 15) is 0 Å². The van der Waals surface area contributed by atoms with Gasteiger partial charge >= 0.3 is 0 Å². The number of nitrogens with zero attached hydrogens (tertiary/aromatic N) is 4.